The highest BCUT2D eigenvalue weighted by Gasteiger charge is 2.10. The summed E-state index contributed by atoms with van der Waals surface area (Å²) in [5, 5.41) is 2.52. The van der Waals surface area contributed by atoms with Crippen molar-refractivity contribution >= 4 is 29.0 Å². The minimum absolute atomic E-state index is 0.0297. The van der Waals surface area contributed by atoms with E-state index in [0.29, 0.717) is 23.6 Å². The van der Waals surface area contributed by atoms with Gasteiger partial charge in [0.15, 0.2) is 5.78 Å². The molecule has 0 saturated heterocycles. The maximum atomic E-state index is 13.1. The number of anilines is 1. The van der Waals surface area contributed by atoms with E-state index >= 15 is 0 Å². The summed E-state index contributed by atoms with van der Waals surface area (Å²) in [4.78, 5) is 24.0. The first-order chi connectivity index (χ1) is 12.0. The third-order valence-corrected chi connectivity index (χ3v) is 3.72. The lowest BCUT2D eigenvalue weighted by atomic mass is 10.1. The van der Waals surface area contributed by atoms with E-state index < -0.39 is 5.82 Å². The Labute approximate surface area is 150 Å². The summed E-state index contributed by atoms with van der Waals surface area (Å²) in [6.07, 6.45) is 1.02. The highest BCUT2D eigenvalue weighted by atomic mass is 35.5. The zero-order valence-electron chi connectivity index (χ0n) is 13.9. The van der Waals surface area contributed by atoms with Crippen LogP contribution < -0.4 is 10.1 Å². The molecule has 1 N–H and O–H groups in total. The van der Waals surface area contributed by atoms with Gasteiger partial charge >= 0.3 is 0 Å². The lowest BCUT2D eigenvalue weighted by molar-refractivity contribution is -0.116. The molecule has 0 fully saturated rings. The number of carbonyl (C=O) groups is 2. The average Bonchev–Trinajstić information content (AvgIpc) is 2.61. The largest absolute Gasteiger partial charge is 0.494 e. The molecule has 4 nitrogen and oxygen atoms in total. The molecule has 25 heavy (non-hydrogen) atoms. The van der Waals surface area contributed by atoms with Crippen molar-refractivity contribution in [2.45, 2.75) is 26.2 Å². The summed E-state index contributed by atoms with van der Waals surface area (Å²) >= 11 is 5.66. The summed E-state index contributed by atoms with van der Waals surface area (Å²) in [5.41, 5.74) is 0.919. The lowest BCUT2D eigenvalue weighted by Gasteiger charge is -2.07. The van der Waals surface area contributed by atoms with E-state index in [0.717, 1.165) is 6.42 Å². The predicted octanol–water partition coefficient (Wildman–Crippen LogP) is 4.87. The average molecular weight is 364 g/mol. The van der Waals surface area contributed by atoms with Crippen molar-refractivity contribution in [3.05, 3.63) is 58.9 Å². The van der Waals surface area contributed by atoms with E-state index in [1.807, 2.05) is 6.92 Å². The van der Waals surface area contributed by atoms with Crippen molar-refractivity contribution in [2.75, 3.05) is 11.9 Å². The Hall–Kier alpha value is -2.40. The van der Waals surface area contributed by atoms with Gasteiger partial charge in [-0.3, -0.25) is 9.59 Å². The molecule has 0 aliphatic heterocycles. The van der Waals surface area contributed by atoms with Crippen LogP contribution in [0.4, 0.5) is 10.1 Å². The normalized spacial score (nSPS) is 10.4. The number of hydrogen-bond donors (Lipinski definition) is 1. The highest BCUT2D eigenvalue weighted by Crippen LogP contribution is 2.20. The van der Waals surface area contributed by atoms with Crippen LogP contribution in [0.1, 0.15) is 36.5 Å². The summed E-state index contributed by atoms with van der Waals surface area (Å²) in [7, 11) is 0. The topological polar surface area (TPSA) is 55.4 Å². The van der Waals surface area contributed by atoms with E-state index in [-0.39, 0.29) is 29.6 Å². The number of nitrogens with one attached hydrogen (secondary N) is 1. The zero-order chi connectivity index (χ0) is 18.2. The molecule has 132 valence electrons. The number of carbonyl (C=O) groups excluding carboxylic acids is 2. The Morgan fingerprint density at radius 3 is 2.48 bits per heavy atom. The van der Waals surface area contributed by atoms with E-state index in [2.05, 4.69) is 5.32 Å². The number of benzene rings is 2. The molecule has 0 aliphatic rings. The summed E-state index contributed by atoms with van der Waals surface area (Å²) in [6.45, 7) is 2.64. The van der Waals surface area contributed by atoms with E-state index in [4.69, 9.17) is 16.3 Å². The van der Waals surface area contributed by atoms with Gasteiger partial charge in [-0.05, 0) is 48.9 Å². The summed E-state index contributed by atoms with van der Waals surface area (Å²) in [5.74, 6) is -0.307. The van der Waals surface area contributed by atoms with Crippen LogP contribution in [0.3, 0.4) is 0 Å². The van der Waals surface area contributed by atoms with Crippen LogP contribution in [0.25, 0.3) is 0 Å². The molecular weight excluding hydrogens is 345 g/mol. The van der Waals surface area contributed by atoms with Crippen molar-refractivity contribution < 1.29 is 18.7 Å². The van der Waals surface area contributed by atoms with Crippen molar-refractivity contribution in [1.82, 2.24) is 0 Å². The van der Waals surface area contributed by atoms with Crippen LogP contribution in [0.15, 0.2) is 42.5 Å². The third kappa shape index (κ3) is 5.87. The molecule has 0 aromatic heterocycles. The third-order valence-electron chi connectivity index (χ3n) is 3.43. The zero-order valence-corrected chi connectivity index (χ0v) is 14.6. The van der Waals surface area contributed by atoms with Crippen molar-refractivity contribution in [3.63, 3.8) is 0 Å². The molecule has 1 amide bonds. The molecule has 0 bridgehead atoms. The number of amides is 1. The van der Waals surface area contributed by atoms with Crippen LogP contribution in [-0.4, -0.2) is 18.3 Å². The lowest BCUT2D eigenvalue weighted by Crippen LogP contribution is -2.13. The second-order valence-corrected chi connectivity index (χ2v) is 5.88. The number of Topliss-reactive ketones (excluding diaryl/α,β-unsaturated/α-hetero) is 1. The van der Waals surface area contributed by atoms with Crippen LogP contribution in [0.2, 0.25) is 5.02 Å². The summed E-state index contributed by atoms with van der Waals surface area (Å²) < 4.78 is 18.5. The first-order valence-corrected chi connectivity index (χ1v) is 8.38. The van der Waals surface area contributed by atoms with Gasteiger partial charge in [-0.15, -0.1) is 0 Å². The quantitative estimate of drug-likeness (QED) is 0.681. The van der Waals surface area contributed by atoms with E-state index in [1.54, 1.807) is 24.3 Å². The molecular formula is C19H19ClFNO3. The van der Waals surface area contributed by atoms with Gasteiger partial charge in [-0.1, -0.05) is 18.5 Å². The monoisotopic (exact) mass is 363 g/mol. The van der Waals surface area contributed by atoms with Gasteiger partial charge in [0, 0.05) is 24.1 Å². The number of ether oxygens (including phenoxy) is 1. The Morgan fingerprint density at radius 2 is 1.84 bits per heavy atom. The second kappa shape index (κ2) is 9.18. The fourth-order valence-electron chi connectivity index (χ4n) is 2.13. The molecule has 0 unspecified atom stereocenters. The Morgan fingerprint density at radius 1 is 1.12 bits per heavy atom. The van der Waals surface area contributed by atoms with Crippen molar-refractivity contribution in [1.29, 1.82) is 0 Å². The SMILES string of the molecule is CCCOc1ccc(C(=O)CCC(=O)Nc2ccc(F)c(Cl)c2)cc1. The molecule has 2 aromatic rings. The van der Waals surface area contributed by atoms with Gasteiger partial charge in [0.2, 0.25) is 5.91 Å². The molecule has 6 heteroatoms. The van der Waals surface area contributed by atoms with Gasteiger partial charge in [0.1, 0.15) is 11.6 Å². The molecule has 0 aliphatic carbocycles. The maximum absolute atomic E-state index is 13.1. The molecule has 0 spiro atoms. The summed E-state index contributed by atoms with van der Waals surface area (Å²) in [6, 6.07) is 10.8. The first-order valence-electron chi connectivity index (χ1n) is 8.00. The molecule has 0 radical (unpaired) electrons. The molecule has 0 heterocycles. The smallest absolute Gasteiger partial charge is 0.224 e. The molecule has 2 rings (SSSR count). The number of rotatable bonds is 8. The number of halogens is 2. The van der Waals surface area contributed by atoms with Gasteiger partial charge in [0.05, 0.1) is 11.6 Å². The van der Waals surface area contributed by atoms with Crippen LogP contribution in [-0.2, 0) is 4.79 Å². The van der Waals surface area contributed by atoms with Crippen molar-refractivity contribution in [3.8, 4) is 5.75 Å². The van der Waals surface area contributed by atoms with Gasteiger partial charge < -0.3 is 10.1 Å². The maximum Gasteiger partial charge on any atom is 0.224 e. The van der Waals surface area contributed by atoms with Gasteiger partial charge in [-0.25, -0.2) is 4.39 Å². The van der Waals surface area contributed by atoms with E-state index in [9.17, 15) is 14.0 Å². The first kappa shape index (κ1) is 18.9. The fourth-order valence-corrected chi connectivity index (χ4v) is 2.31. The number of ketones is 1. The molecule has 2 aromatic carbocycles. The van der Waals surface area contributed by atoms with Gasteiger partial charge in [-0.2, -0.15) is 0 Å². The predicted molar refractivity (Wildman–Crippen MR) is 95.8 cm³/mol. The fraction of sp³-hybridized carbons (Fsp3) is 0.263. The van der Waals surface area contributed by atoms with Crippen LogP contribution in [0, 0.1) is 5.82 Å². The minimum Gasteiger partial charge on any atom is -0.494 e. The Bertz CT molecular complexity index is 747. The second-order valence-electron chi connectivity index (χ2n) is 5.47. The molecule has 0 saturated carbocycles. The standard InChI is InChI=1S/C19H19ClFNO3/c1-2-11-25-15-6-3-13(4-7-15)18(23)9-10-19(24)22-14-5-8-17(21)16(20)12-14/h3-8,12H,2,9-11H2,1H3,(H,22,24). The number of hydrogen-bond acceptors (Lipinski definition) is 3. The van der Waals surface area contributed by atoms with Crippen molar-refractivity contribution in [2.24, 2.45) is 0 Å². The van der Waals surface area contributed by atoms with E-state index in [1.165, 1.54) is 18.2 Å². The Balaban J connectivity index is 1.84. The Kier molecular flexibility index (Phi) is 6.95. The van der Waals surface area contributed by atoms with Crippen LogP contribution in [0.5, 0.6) is 5.75 Å². The molecule has 0 atom stereocenters. The minimum atomic E-state index is -0.554. The van der Waals surface area contributed by atoms with Crippen LogP contribution >= 0.6 is 11.6 Å². The van der Waals surface area contributed by atoms with Gasteiger partial charge in [0.25, 0.3) is 0 Å². The highest BCUT2D eigenvalue weighted by molar-refractivity contribution is 6.31.